The zero-order valence-corrected chi connectivity index (χ0v) is 24.8. The lowest BCUT2D eigenvalue weighted by atomic mass is 10.1. The SMILES string of the molecule is CC/C=C\C(CC)=C(\CC)OP(=O)(O/C(CC)=C(\C=C/CC)CC)O/C(CC)=C(\C=C/CC)CC. The van der Waals surface area contributed by atoms with Crippen molar-refractivity contribution < 1.29 is 18.1 Å². The fraction of sp³-hybridized carbons (Fsp3) is 0.600. The van der Waals surface area contributed by atoms with Crippen LogP contribution in [0.15, 0.2) is 70.5 Å². The van der Waals surface area contributed by atoms with Gasteiger partial charge in [0.15, 0.2) is 0 Å². The second kappa shape index (κ2) is 19.3. The van der Waals surface area contributed by atoms with Crippen molar-refractivity contribution in [2.24, 2.45) is 0 Å². The number of hydrogen-bond donors (Lipinski definition) is 0. The number of phosphoric acid groups is 1. The Morgan fingerprint density at radius 1 is 0.486 bits per heavy atom. The van der Waals surface area contributed by atoms with Gasteiger partial charge in [0.25, 0.3) is 0 Å². The molecule has 0 saturated carbocycles. The molecule has 35 heavy (non-hydrogen) atoms. The first-order valence-corrected chi connectivity index (χ1v) is 15.1. The lowest BCUT2D eigenvalue weighted by Crippen LogP contribution is -2.05. The van der Waals surface area contributed by atoms with Crippen molar-refractivity contribution in [2.45, 2.75) is 120 Å². The topological polar surface area (TPSA) is 44.8 Å². The van der Waals surface area contributed by atoms with Gasteiger partial charge in [0, 0.05) is 19.3 Å². The van der Waals surface area contributed by atoms with Crippen LogP contribution in [0, 0.1) is 0 Å². The van der Waals surface area contributed by atoms with E-state index in [2.05, 4.69) is 78.0 Å². The number of hydrogen-bond acceptors (Lipinski definition) is 4. The van der Waals surface area contributed by atoms with E-state index in [1.807, 2.05) is 20.8 Å². The van der Waals surface area contributed by atoms with E-state index in [-0.39, 0.29) is 0 Å². The van der Waals surface area contributed by atoms with E-state index in [9.17, 15) is 4.57 Å². The highest BCUT2D eigenvalue weighted by Gasteiger charge is 2.36. The summed E-state index contributed by atoms with van der Waals surface area (Å²) in [6, 6.07) is 0. The molecule has 0 atom stereocenters. The Morgan fingerprint density at radius 2 is 0.743 bits per heavy atom. The summed E-state index contributed by atoms with van der Waals surface area (Å²) in [5.41, 5.74) is 3.03. The molecule has 0 amide bonds. The zero-order valence-electron chi connectivity index (χ0n) is 23.9. The van der Waals surface area contributed by atoms with E-state index in [0.717, 1.165) is 55.2 Å². The summed E-state index contributed by atoms with van der Waals surface area (Å²) in [6.07, 6.45) is 19.3. The quantitative estimate of drug-likeness (QED) is 0.105. The molecular formula is C30H51O4P. The van der Waals surface area contributed by atoms with Crippen molar-refractivity contribution in [2.75, 3.05) is 0 Å². The maximum atomic E-state index is 14.4. The van der Waals surface area contributed by atoms with E-state index < -0.39 is 7.82 Å². The maximum absolute atomic E-state index is 14.4. The highest BCUT2D eigenvalue weighted by Crippen LogP contribution is 2.57. The smallest absolute Gasteiger partial charge is 0.390 e. The third-order valence-corrected chi connectivity index (χ3v) is 6.84. The van der Waals surface area contributed by atoms with Gasteiger partial charge in [-0.25, -0.2) is 0 Å². The number of rotatable bonds is 18. The van der Waals surface area contributed by atoms with E-state index in [1.54, 1.807) is 0 Å². The Hall–Kier alpha value is -1.93. The molecule has 0 radical (unpaired) electrons. The minimum Gasteiger partial charge on any atom is -0.390 e. The van der Waals surface area contributed by atoms with Crippen LogP contribution in [-0.4, -0.2) is 0 Å². The molecule has 200 valence electrons. The Bertz CT molecular complexity index is 731. The Balaban J connectivity index is 6.82. The highest BCUT2D eigenvalue weighted by molar-refractivity contribution is 7.48. The average Bonchev–Trinajstić information content (AvgIpc) is 2.87. The zero-order chi connectivity index (χ0) is 26.7. The highest BCUT2D eigenvalue weighted by atomic mass is 31.2. The molecule has 0 unspecified atom stereocenters. The summed E-state index contributed by atoms with van der Waals surface area (Å²) in [6.45, 7) is 18.5. The molecule has 0 spiro atoms. The van der Waals surface area contributed by atoms with Gasteiger partial charge in [-0.2, -0.15) is 4.57 Å². The van der Waals surface area contributed by atoms with E-state index in [0.29, 0.717) is 36.5 Å². The Labute approximate surface area is 216 Å². The van der Waals surface area contributed by atoms with Gasteiger partial charge in [-0.1, -0.05) is 98.8 Å². The van der Waals surface area contributed by atoms with Crippen LogP contribution in [0.1, 0.15) is 120 Å². The summed E-state index contributed by atoms with van der Waals surface area (Å²) in [4.78, 5) is 0. The standard InChI is InChI=1S/C30H51O4P/c1-10-19-22-25(13-4)28(16-7)32-35(31,33-29(17-8)26(14-5)23-20-11-2)34-30(18-9)27(15-6)24-21-12-3/h19-24H,10-18H2,1-9H3/b22-19-,23-20-,24-21-,28-25-,29-26-,30-27-. The lowest BCUT2D eigenvalue weighted by molar-refractivity contribution is 0.182. The van der Waals surface area contributed by atoms with Gasteiger partial charge in [0.2, 0.25) is 0 Å². The predicted molar refractivity (Wildman–Crippen MR) is 152 cm³/mol. The van der Waals surface area contributed by atoms with Crippen LogP contribution >= 0.6 is 7.82 Å². The largest absolute Gasteiger partial charge is 0.646 e. The molecule has 5 heteroatoms. The van der Waals surface area contributed by atoms with Gasteiger partial charge in [-0.3, -0.25) is 0 Å². The first kappa shape index (κ1) is 33.1. The summed E-state index contributed by atoms with van der Waals surface area (Å²) in [5.74, 6) is 1.95. The third kappa shape index (κ3) is 12.0. The summed E-state index contributed by atoms with van der Waals surface area (Å²) >= 11 is 0. The first-order valence-electron chi connectivity index (χ1n) is 13.7. The maximum Gasteiger partial charge on any atom is 0.646 e. The number of allylic oxidation sites excluding steroid dienone is 12. The fourth-order valence-electron chi connectivity index (χ4n) is 3.52. The van der Waals surface area contributed by atoms with Crippen molar-refractivity contribution in [3.63, 3.8) is 0 Å². The van der Waals surface area contributed by atoms with Crippen LogP contribution in [0.25, 0.3) is 0 Å². The van der Waals surface area contributed by atoms with Crippen molar-refractivity contribution in [3.8, 4) is 0 Å². The van der Waals surface area contributed by atoms with Crippen LogP contribution in [-0.2, 0) is 18.1 Å². The minimum absolute atomic E-state index is 0.594. The first-order chi connectivity index (χ1) is 16.8. The van der Waals surface area contributed by atoms with Crippen molar-refractivity contribution in [1.82, 2.24) is 0 Å². The minimum atomic E-state index is -4.01. The molecule has 0 N–H and O–H groups in total. The van der Waals surface area contributed by atoms with Crippen molar-refractivity contribution >= 4 is 7.82 Å². The molecule has 0 aliphatic carbocycles. The van der Waals surface area contributed by atoms with E-state index in [1.165, 1.54) is 0 Å². The van der Waals surface area contributed by atoms with Crippen LogP contribution < -0.4 is 0 Å². The molecule has 0 heterocycles. The molecule has 4 nitrogen and oxygen atoms in total. The van der Waals surface area contributed by atoms with Gasteiger partial charge >= 0.3 is 7.82 Å². The van der Waals surface area contributed by atoms with Crippen LogP contribution in [0.4, 0.5) is 0 Å². The van der Waals surface area contributed by atoms with Crippen molar-refractivity contribution in [1.29, 1.82) is 0 Å². The summed E-state index contributed by atoms with van der Waals surface area (Å²) in [7, 11) is -4.01. The summed E-state index contributed by atoms with van der Waals surface area (Å²) < 4.78 is 33.0. The Kier molecular flexibility index (Phi) is 18.2. The molecule has 0 aromatic heterocycles. The molecule has 0 bridgehead atoms. The molecular weight excluding hydrogens is 455 g/mol. The van der Waals surface area contributed by atoms with Gasteiger partial charge in [-0.15, -0.1) is 0 Å². The summed E-state index contributed by atoms with van der Waals surface area (Å²) in [5, 5.41) is 0. The monoisotopic (exact) mass is 506 g/mol. The van der Waals surface area contributed by atoms with Crippen molar-refractivity contribution in [3.05, 3.63) is 70.5 Å². The fourth-order valence-corrected chi connectivity index (χ4v) is 5.18. The third-order valence-electron chi connectivity index (χ3n) is 5.51. The molecule has 0 aromatic rings. The molecule has 0 rings (SSSR count). The van der Waals surface area contributed by atoms with E-state index in [4.69, 9.17) is 13.6 Å². The van der Waals surface area contributed by atoms with Gasteiger partial charge < -0.3 is 13.6 Å². The van der Waals surface area contributed by atoms with Gasteiger partial charge in [0.05, 0.1) is 0 Å². The second-order valence-corrected chi connectivity index (χ2v) is 9.56. The lowest BCUT2D eigenvalue weighted by Gasteiger charge is -2.25. The van der Waals surface area contributed by atoms with Crippen LogP contribution in [0.2, 0.25) is 0 Å². The number of phosphoric ester groups is 1. The molecule has 0 aliphatic rings. The second-order valence-electron chi connectivity index (χ2n) is 8.12. The van der Waals surface area contributed by atoms with Gasteiger partial charge in [-0.05, 0) is 55.2 Å². The predicted octanol–water partition coefficient (Wildman–Crippen LogP) is 11.3. The van der Waals surface area contributed by atoms with Gasteiger partial charge in [0.1, 0.15) is 17.3 Å². The Morgan fingerprint density at radius 3 is 0.914 bits per heavy atom. The normalized spacial score (nSPS) is 14.9. The van der Waals surface area contributed by atoms with Crippen LogP contribution in [0.5, 0.6) is 0 Å². The molecule has 0 aliphatic heterocycles. The molecule has 0 aromatic carbocycles. The molecule has 0 fully saturated rings. The van der Waals surface area contributed by atoms with Crippen LogP contribution in [0.3, 0.4) is 0 Å². The average molecular weight is 507 g/mol. The molecule has 0 saturated heterocycles. The van der Waals surface area contributed by atoms with E-state index >= 15 is 0 Å².